The van der Waals surface area contributed by atoms with Crippen LogP contribution in [-0.2, 0) is 6.54 Å². The number of carbonyl (C=O) groups excluding carboxylic acids is 1. The summed E-state index contributed by atoms with van der Waals surface area (Å²) in [4.78, 5) is 19.0. The van der Waals surface area contributed by atoms with Gasteiger partial charge in [-0.05, 0) is 43.2 Å². The van der Waals surface area contributed by atoms with Crippen molar-refractivity contribution >= 4 is 27.7 Å². The molecule has 120 valence electrons. The van der Waals surface area contributed by atoms with E-state index in [-0.39, 0.29) is 18.3 Å². The minimum Gasteiger partial charge on any atom is -0.356 e. The van der Waals surface area contributed by atoms with Crippen LogP contribution in [0.1, 0.15) is 28.8 Å². The molecule has 0 atom stereocenters. The third-order valence-electron chi connectivity index (χ3n) is 3.88. The third-order valence-corrected chi connectivity index (χ3v) is 4.38. The molecule has 0 spiro atoms. The van der Waals surface area contributed by atoms with E-state index < -0.39 is 0 Å². The first-order valence-electron chi connectivity index (χ1n) is 7.57. The second kappa shape index (κ2) is 7.08. The second-order valence-corrected chi connectivity index (χ2v) is 6.40. The predicted molar refractivity (Wildman–Crippen MR) is 91.0 cm³/mol. The summed E-state index contributed by atoms with van der Waals surface area (Å²) in [6, 6.07) is 8.18. The Labute approximate surface area is 142 Å². The number of hydrogen-bond donors (Lipinski definition) is 1. The minimum atomic E-state index is -0.334. The van der Waals surface area contributed by atoms with E-state index in [1.54, 1.807) is 30.5 Å². The van der Waals surface area contributed by atoms with E-state index in [1.807, 2.05) is 0 Å². The molecular weight excluding hydrogens is 361 g/mol. The third kappa shape index (κ3) is 3.69. The van der Waals surface area contributed by atoms with Crippen LogP contribution in [0.5, 0.6) is 0 Å². The van der Waals surface area contributed by atoms with Crippen molar-refractivity contribution in [2.24, 2.45) is 0 Å². The highest BCUT2D eigenvalue weighted by Gasteiger charge is 2.20. The number of amides is 1. The molecule has 0 radical (unpaired) electrons. The first-order chi connectivity index (χ1) is 11.1. The fourth-order valence-electron chi connectivity index (χ4n) is 2.70. The lowest BCUT2D eigenvalue weighted by molar-refractivity contribution is 0.0951. The molecule has 1 fully saturated rings. The maximum Gasteiger partial charge on any atom is 0.255 e. The van der Waals surface area contributed by atoms with Gasteiger partial charge >= 0.3 is 0 Å². The van der Waals surface area contributed by atoms with Crippen LogP contribution in [-0.4, -0.2) is 24.0 Å². The van der Waals surface area contributed by atoms with Crippen molar-refractivity contribution in [3.63, 3.8) is 0 Å². The van der Waals surface area contributed by atoms with Crippen molar-refractivity contribution in [2.45, 2.75) is 19.4 Å². The first-order valence-corrected chi connectivity index (χ1v) is 8.36. The van der Waals surface area contributed by atoms with Gasteiger partial charge in [0.2, 0.25) is 0 Å². The number of nitrogens with zero attached hydrogens (tertiary/aromatic N) is 2. The number of carbonyl (C=O) groups is 1. The maximum absolute atomic E-state index is 13.8. The van der Waals surface area contributed by atoms with Crippen molar-refractivity contribution in [2.75, 3.05) is 18.0 Å². The number of rotatable bonds is 4. The van der Waals surface area contributed by atoms with Gasteiger partial charge in [0, 0.05) is 35.9 Å². The molecule has 1 aliphatic rings. The van der Waals surface area contributed by atoms with Crippen molar-refractivity contribution in [3.05, 3.63) is 57.9 Å². The van der Waals surface area contributed by atoms with Gasteiger partial charge in [-0.1, -0.05) is 15.9 Å². The molecule has 1 N–H and O–H groups in total. The van der Waals surface area contributed by atoms with E-state index in [0.717, 1.165) is 30.4 Å². The minimum absolute atomic E-state index is 0.137. The smallest absolute Gasteiger partial charge is 0.255 e. The number of pyridine rings is 1. The number of anilines is 1. The average molecular weight is 378 g/mol. The Morgan fingerprint density at radius 1 is 1.30 bits per heavy atom. The number of halogens is 2. The summed E-state index contributed by atoms with van der Waals surface area (Å²) in [6.07, 6.45) is 3.92. The van der Waals surface area contributed by atoms with Gasteiger partial charge in [0.05, 0.1) is 5.56 Å². The summed E-state index contributed by atoms with van der Waals surface area (Å²) >= 11 is 3.31. The van der Waals surface area contributed by atoms with E-state index in [0.29, 0.717) is 16.9 Å². The van der Waals surface area contributed by atoms with Crippen molar-refractivity contribution < 1.29 is 9.18 Å². The fraction of sp³-hybridized carbons (Fsp3) is 0.294. The molecule has 1 aliphatic heterocycles. The highest BCUT2D eigenvalue weighted by Crippen LogP contribution is 2.22. The standard InChI is InChI=1S/C17H17BrFN3O/c18-13-5-6-15(19)12(10-13)11-21-17(23)14-4-3-7-20-16(14)22-8-1-2-9-22/h3-7,10H,1-2,8-9,11H2,(H,21,23). The number of nitrogens with one attached hydrogen (secondary N) is 1. The van der Waals surface area contributed by atoms with E-state index in [1.165, 1.54) is 6.07 Å². The Balaban J connectivity index is 1.75. The molecule has 1 aromatic carbocycles. The van der Waals surface area contributed by atoms with Crippen LogP contribution in [0.2, 0.25) is 0 Å². The van der Waals surface area contributed by atoms with Gasteiger partial charge in [0.25, 0.3) is 5.91 Å². The molecule has 1 amide bonds. The Morgan fingerprint density at radius 3 is 2.87 bits per heavy atom. The fourth-order valence-corrected chi connectivity index (χ4v) is 3.11. The van der Waals surface area contributed by atoms with Gasteiger partial charge < -0.3 is 10.2 Å². The zero-order chi connectivity index (χ0) is 16.2. The van der Waals surface area contributed by atoms with Crippen molar-refractivity contribution in [1.29, 1.82) is 0 Å². The molecule has 3 rings (SSSR count). The van der Waals surface area contributed by atoms with Crippen LogP contribution in [0.4, 0.5) is 10.2 Å². The molecule has 0 aliphatic carbocycles. The molecule has 0 unspecified atom stereocenters. The van der Waals surface area contributed by atoms with Crippen LogP contribution in [0.3, 0.4) is 0 Å². The van der Waals surface area contributed by atoms with E-state index in [9.17, 15) is 9.18 Å². The topological polar surface area (TPSA) is 45.2 Å². The predicted octanol–water partition coefficient (Wildman–Crippen LogP) is 3.51. The summed E-state index contributed by atoms with van der Waals surface area (Å²) in [6.45, 7) is 1.97. The molecule has 2 aromatic rings. The van der Waals surface area contributed by atoms with Crippen LogP contribution in [0, 0.1) is 5.82 Å². The maximum atomic E-state index is 13.8. The van der Waals surface area contributed by atoms with Gasteiger partial charge in [-0.2, -0.15) is 0 Å². The largest absolute Gasteiger partial charge is 0.356 e. The lowest BCUT2D eigenvalue weighted by atomic mass is 10.2. The summed E-state index contributed by atoms with van der Waals surface area (Å²) in [5.74, 6) is 0.135. The first kappa shape index (κ1) is 15.9. The number of benzene rings is 1. The van der Waals surface area contributed by atoms with E-state index >= 15 is 0 Å². The molecule has 0 bridgehead atoms. The van der Waals surface area contributed by atoms with Crippen LogP contribution in [0.15, 0.2) is 41.0 Å². The molecule has 1 aromatic heterocycles. The Bertz CT molecular complexity index is 717. The monoisotopic (exact) mass is 377 g/mol. The van der Waals surface area contributed by atoms with E-state index in [4.69, 9.17) is 0 Å². The number of aromatic nitrogens is 1. The SMILES string of the molecule is O=C(NCc1cc(Br)ccc1F)c1cccnc1N1CCCC1. The van der Waals surface area contributed by atoms with Gasteiger partial charge in [-0.3, -0.25) is 4.79 Å². The second-order valence-electron chi connectivity index (χ2n) is 5.49. The molecule has 4 nitrogen and oxygen atoms in total. The quantitative estimate of drug-likeness (QED) is 0.886. The Kier molecular flexibility index (Phi) is 4.91. The highest BCUT2D eigenvalue weighted by atomic mass is 79.9. The summed E-state index contributed by atoms with van der Waals surface area (Å²) in [7, 11) is 0. The van der Waals surface area contributed by atoms with Crippen LogP contribution < -0.4 is 10.2 Å². The Hall–Kier alpha value is -1.95. The summed E-state index contributed by atoms with van der Waals surface area (Å²) < 4.78 is 14.5. The lowest BCUT2D eigenvalue weighted by Crippen LogP contribution is -2.28. The Morgan fingerprint density at radius 2 is 2.09 bits per heavy atom. The lowest BCUT2D eigenvalue weighted by Gasteiger charge is -2.19. The molecule has 2 heterocycles. The van der Waals surface area contributed by atoms with Gasteiger partial charge in [0.1, 0.15) is 11.6 Å². The zero-order valence-corrected chi connectivity index (χ0v) is 14.1. The van der Waals surface area contributed by atoms with Crippen molar-refractivity contribution in [3.8, 4) is 0 Å². The number of hydrogen-bond acceptors (Lipinski definition) is 3. The molecule has 6 heteroatoms. The molecule has 0 saturated carbocycles. The van der Waals surface area contributed by atoms with E-state index in [2.05, 4.69) is 31.1 Å². The van der Waals surface area contributed by atoms with Crippen LogP contribution >= 0.6 is 15.9 Å². The zero-order valence-electron chi connectivity index (χ0n) is 12.6. The molecule has 23 heavy (non-hydrogen) atoms. The van der Waals surface area contributed by atoms with Crippen LogP contribution in [0.25, 0.3) is 0 Å². The van der Waals surface area contributed by atoms with Gasteiger partial charge in [-0.25, -0.2) is 9.37 Å². The highest BCUT2D eigenvalue weighted by molar-refractivity contribution is 9.10. The average Bonchev–Trinajstić information content (AvgIpc) is 3.10. The molecular formula is C17H17BrFN3O. The normalized spacial score (nSPS) is 14.1. The van der Waals surface area contributed by atoms with Crippen molar-refractivity contribution in [1.82, 2.24) is 10.3 Å². The summed E-state index contributed by atoms with van der Waals surface area (Å²) in [5.41, 5.74) is 0.976. The molecule has 1 saturated heterocycles. The summed E-state index contributed by atoms with van der Waals surface area (Å²) in [5, 5.41) is 2.78. The van der Waals surface area contributed by atoms with Gasteiger partial charge in [-0.15, -0.1) is 0 Å². The van der Waals surface area contributed by atoms with Gasteiger partial charge in [0.15, 0.2) is 0 Å².